The summed E-state index contributed by atoms with van der Waals surface area (Å²) in [6.45, 7) is 2.51. The van der Waals surface area contributed by atoms with Gasteiger partial charge < -0.3 is 16.4 Å². The molecule has 0 radical (unpaired) electrons. The molecule has 0 aliphatic carbocycles. The first-order valence-corrected chi connectivity index (χ1v) is 3.54. The van der Waals surface area contributed by atoms with Crippen molar-refractivity contribution in [3.05, 3.63) is 0 Å². The number of primary amides is 1. The molecule has 4 nitrogen and oxygen atoms in total. The second-order valence-electron chi connectivity index (χ2n) is 2.47. The molecular weight excluding hydrogens is 130 g/mol. The zero-order valence-electron chi connectivity index (χ0n) is 5.89. The SMILES string of the molecule is NC(=O)C1CNCCCN1. The Morgan fingerprint density at radius 2 is 2.30 bits per heavy atom. The molecular formula is C6H13N3O. The smallest absolute Gasteiger partial charge is 0.235 e. The first kappa shape index (κ1) is 7.50. The van der Waals surface area contributed by atoms with Crippen molar-refractivity contribution in [2.75, 3.05) is 19.6 Å². The van der Waals surface area contributed by atoms with E-state index in [9.17, 15) is 4.79 Å². The van der Waals surface area contributed by atoms with Gasteiger partial charge in [-0.15, -0.1) is 0 Å². The number of hydrogen-bond acceptors (Lipinski definition) is 3. The summed E-state index contributed by atoms with van der Waals surface area (Å²) in [5.41, 5.74) is 5.10. The number of nitrogens with two attached hydrogens (primary N) is 1. The number of hydrogen-bond donors (Lipinski definition) is 3. The molecule has 1 amide bonds. The molecule has 0 aromatic heterocycles. The van der Waals surface area contributed by atoms with Gasteiger partial charge in [0, 0.05) is 6.54 Å². The first-order chi connectivity index (χ1) is 4.80. The number of carbonyl (C=O) groups is 1. The van der Waals surface area contributed by atoms with E-state index >= 15 is 0 Å². The highest BCUT2D eigenvalue weighted by Crippen LogP contribution is 1.86. The third-order valence-electron chi connectivity index (χ3n) is 1.61. The van der Waals surface area contributed by atoms with E-state index in [1.807, 2.05) is 0 Å². The Hall–Kier alpha value is -0.610. The fourth-order valence-corrected chi connectivity index (χ4v) is 1.01. The predicted molar refractivity (Wildman–Crippen MR) is 38.5 cm³/mol. The second kappa shape index (κ2) is 3.53. The Balaban J connectivity index is 2.35. The van der Waals surface area contributed by atoms with Crippen molar-refractivity contribution in [3.8, 4) is 0 Å². The van der Waals surface area contributed by atoms with Crippen LogP contribution in [-0.4, -0.2) is 31.6 Å². The summed E-state index contributed by atoms with van der Waals surface area (Å²) in [6, 6.07) is -0.178. The average molecular weight is 143 g/mol. The highest BCUT2D eigenvalue weighted by atomic mass is 16.1. The zero-order chi connectivity index (χ0) is 7.40. The van der Waals surface area contributed by atoms with Gasteiger partial charge in [-0.05, 0) is 19.5 Å². The van der Waals surface area contributed by atoms with Crippen molar-refractivity contribution in [3.63, 3.8) is 0 Å². The van der Waals surface area contributed by atoms with Gasteiger partial charge in [-0.3, -0.25) is 4.79 Å². The molecule has 1 saturated heterocycles. The number of amides is 1. The molecule has 0 aromatic carbocycles. The average Bonchev–Trinajstić information content (AvgIpc) is 2.12. The lowest BCUT2D eigenvalue weighted by Crippen LogP contribution is -2.45. The van der Waals surface area contributed by atoms with Crippen LogP contribution in [0.3, 0.4) is 0 Å². The zero-order valence-corrected chi connectivity index (χ0v) is 5.89. The molecule has 1 fully saturated rings. The molecule has 0 bridgehead atoms. The molecule has 1 aliphatic rings. The van der Waals surface area contributed by atoms with Gasteiger partial charge in [0.2, 0.25) is 5.91 Å². The van der Waals surface area contributed by atoms with Crippen molar-refractivity contribution in [2.24, 2.45) is 5.73 Å². The van der Waals surface area contributed by atoms with Crippen molar-refractivity contribution in [1.82, 2.24) is 10.6 Å². The summed E-state index contributed by atoms with van der Waals surface area (Å²) in [5, 5.41) is 6.16. The lowest BCUT2D eigenvalue weighted by Gasteiger charge is -2.09. The molecule has 1 rings (SSSR count). The molecule has 58 valence electrons. The van der Waals surface area contributed by atoms with Crippen LogP contribution in [0.1, 0.15) is 6.42 Å². The van der Waals surface area contributed by atoms with E-state index in [1.54, 1.807) is 0 Å². The summed E-state index contributed by atoms with van der Waals surface area (Å²) in [6.07, 6.45) is 1.06. The van der Waals surface area contributed by atoms with E-state index in [0.717, 1.165) is 19.5 Å². The maximum Gasteiger partial charge on any atom is 0.235 e. The van der Waals surface area contributed by atoms with Gasteiger partial charge in [0.1, 0.15) is 0 Å². The summed E-state index contributed by atoms with van der Waals surface area (Å²) < 4.78 is 0. The minimum atomic E-state index is -0.269. The normalized spacial score (nSPS) is 27.4. The Morgan fingerprint density at radius 3 is 3.00 bits per heavy atom. The largest absolute Gasteiger partial charge is 0.368 e. The van der Waals surface area contributed by atoms with Gasteiger partial charge in [0.05, 0.1) is 6.04 Å². The molecule has 0 aromatic rings. The maximum atomic E-state index is 10.6. The van der Waals surface area contributed by atoms with Crippen LogP contribution >= 0.6 is 0 Å². The summed E-state index contributed by atoms with van der Waals surface area (Å²) >= 11 is 0. The second-order valence-corrected chi connectivity index (χ2v) is 2.47. The molecule has 1 aliphatic heterocycles. The first-order valence-electron chi connectivity index (χ1n) is 3.54. The Bertz CT molecular complexity index is 118. The number of rotatable bonds is 1. The fourth-order valence-electron chi connectivity index (χ4n) is 1.01. The van der Waals surface area contributed by atoms with Crippen LogP contribution in [0.2, 0.25) is 0 Å². The molecule has 1 heterocycles. The minimum absolute atomic E-state index is 0.178. The van der Waals surface area contributed by atoms with Crippen molar-refractivity contribution in [2.45, 2.75) is 12.5 Å². The van der Waals surface area contributed by atoms with Crippen molar-refractivity contribution in [1.29, 1.82) is 0 Å². The number of carbonyl (C=O) groups excluding carboxylic acids is 1. The standard InChI is InChI=1S/C6H13N3O/c7-6(10)5-4-8-2-1-3-9-5/h5,8-9H,1-4H2,(H2,7,10). The monoisotopic (exact) mass is 143 g/mol. The third kappa shape index (κ3) is 1.97. The molecule has 0 saturated carbocycles. The lowest BCUT2D eigenvalue weighted by molar-refractivity contribution is -0.119. The molecule has 1 unspecified atom stereocenters. The van der Waals surface area contributed by atoms with Crippen LogP contribution < -0.4 is 16.4 Å². The van der Waals surface area contributed by atoms with E-state index in [2.05, 4.69) is 10.6 Å². The summed E-state index contributed by atoms with van der Waals surface area (Å²) in [4.78, 5) is 10.6. The van der Waals surface area contributed by atoms with Gasteiger partial charge in [-0.2, -0.15) is 0 Å². The molecule has 4 N–H and O–H groups in total. The van der Waals surface area contributed by atoms with Gasteiger partial charge >= 0.3 is 0 Å². The van der Waals surface area contributed by atoms with E-state index in [-0.39, 0.29) is 11.9 Å². The van der Waals surface area contributed by atoms with Crippen LogP contribution in [0.4, 0.5) is 0 Å². The van der Waals surface area contributed by atoms with E-state index in [4.69, 9.17) is 5.73 Å². The van der Waals surface area contributed by atoms with Crippen LogP contribution in [0.5, 0.6) is 0 Å². The topological polar surface area (TPSA) is 67.2 Å². The predicted octanol–water partition coefficient (Wildman–Crippen LogP) is -1.58. The van der Waals surface area contributed by atoms with Crippen LogP contribution in [0.25, 0.3) is 0 Å². The van der Waals surface area contributed by atoms with Gasteiger partial charge in [0.15, 0.2) is 0 Å². The molecule has 1 atom stereocenters. The van der Waals surface area contributed by atoms with Crippen LogP contribution in [0.15, 0.2) is 0 Å². The Morgan fingerprint density at radius 1 is 1.50 bits per heavy atom. The quantitative estimate of drug-likeness (QED) is 0.415. The molecule has 0 spiro atoms. The van der Waals surface area contributed by atoms with Crippen molar-refractivity contribution >= 4 is 5.91 Å². The Kier molecular flexibility index (Phi) is 2.65. The Labute approximate surface area is 60.2 Å². The summed E-state index contributed by atoms with van der Waals surface area (Å²) in [7, 11) is 0. The third-order valence-corrected chi connectivity index (χ3v) is 1.61. The van der Waals surface area contributed by atoms with E-state index in [0.29, 0.717) is 6.54 Å². The lowest BCUT2D eigenvalue weighted by atomic mass is 10.3. The highest BCUT2D eigenvalue weighted by molar-refractivity contribution is 5.80. The molecule has 10 heavy (non-hydrogen) atoms. The van der Waals surface area contributed by atoms with Crippen LogP contribution in [0, 0.1) is 0 Å². The number of nitrogens with one attached hydrogen (secondary N) is 2. The van der Waals surface area contributed by atoms with E-state index < -0.39 is 0 Å². The minimum Gasteiger partial charge on any atom is -0.368 e. The van der Waals surface area contributed by atoms with Gasteiger partial charge in [-0.1, -0.05) is 0 Å². The fraction of sp³-hybridized carbons (Fsp3) is 0.833. The van der Waals surface area contributed by atoms with E-state index in [1.165, 1.54) is 0 Å². The maximum absolute atomic E-state index is 10.6. The van der Waals surface area contributed by atoms with Gasteiger partial charge in [-0.25, -0.2) is 0 Å². The highest BCUT2D eigenvalue weighted by Gasteiger charge is 2.15. The van der Waals surface area contributed by atoms with Gasteiger partial charge in [0.25, 0.3) is 0 Å². The molecule has 4 heteroatoms. The van der Waals surface area contributed by atoms with Crippen LogP contribution in [-0.2, 0) is 4.79 Å². The summed E-state index contributed by atoms with van der Waals surface area (Å²) in [5.74, 6) is -0.269. The van der Waals surface area contributed by atoms with Crippen molar-refractivity contribution < 1.29 is 4.79 Å².